The summed E-state index contributed by atoms with van der Waals surface area (Å²) in [4.78, 5) is 0. The highest BCUT2D eigenvalue weighted by Gasteiger charge is 2.07. The average Bonchev–Trinajstić information content (AvgIpc) is 1.62. The Hall–Kier alpha value is -0.130. The van der Waals surface area contributed by atoms with Crippen molar-refractivity contribution < 1.29 is 17.7 Å². The smallest absolute Gasteiger partial charge is 0.264 e. The molecule has 0 aliphatic carbocycles. The molecule has 0 bridgehead atoms. The highest BCUT2D eigenvalue weighted by atomic mass is 32.2. The summed E-state index contributed by atoms with van der Waals surface area (Å²) in [6, 6.07) is 0. The molecule has 0 radical (unpaired) electrons. The van der Waals surface area contributed by atoms with E-state index in [4.69, 9.17) is 5.11 Å². The van der Waals surface area contributed by atoms with Gasteiger partial charge < -0.3 is 5.11 Å². The van der Waals surface area contributed by atoms with Crippen molar-refractivity contribution in [2.45, 2.75) is 13.0 Å². The van der Waals surface area contributed by atoms with Crippen LogP contribution in [0.15, 0.2) is 0 Å². The zero-order valence-corrected chi connectivity index (χ0v) is 6.18. The highest BCUT2D eigenvalue weighted by molar-refractivity contribution is 7.86. The zero-order valence-electron chi connectivity index (χ0n) is 5.36. The second-order valence-corrected chi connectivity index (χ2v) is 3.39. The summed E-state index contributed by atoms with van der Waals surface area (Å²) in [5, 5.41) is 8.31. The lowest BCUT2D eigenvalue weighted by Gasteiger charge is -2.05. The molecular formula is C4H10O4S. The van der Waals surface area contributed by atoms with E-state index < -0.39 is 16.2 Å². The second kappa shape index (κ2) is 3.14. The van der Waals surface area contributed by atoms with Gasteiger partial charge >= 0.3 is 0 Å². The Balaban J connectivity index is 3.75. The molecule has 0 unspecified atom stereocenters. The summed E-state index contributed by atoms with van der Waals surface area (Å²) in [5.41, 5.74) is 0. The van der Waals surface area contributed by atoms with Crippen LogP contribution in [0, 0.1) is 0 Å². The Morgan fingerprint density at radius 1 is 1.67 bits per heavy atom. The van der Waals surface area contributed by atoms with Crippen LogP contribution < -0.4 is 0 Å². The first-order valence-electron chi connectivity index (χ1n) is 2.45. The molecule has 0 saturated carbocycles. The minimum atomic E-state index is -3.40. The fraction of sp³-hybridized carbons (Fsp3) is 1.00. The van der Waals surface area contributed by atoms with Gasteiger partial charge in [0.15, 0.2) is 0 Å². The molecule has 0 heterocycles. The van der Waals surface area contributed by atoms with E-state index in [-0.39, 0.29) is 6.61 Å². The van der Waals surface area contributed by atoms with E-state index in [0.29, 0.717) is 0 Å². The second-order valence-electron chi connectivity index (χ2n) is 1.79. The first-order chi connectivity index (χ1) is 3.95. The number of hydrogen-bond acceptors (Lipinski definition) is 4. The van der Waals surface area contributed by atoms with Gasteiger partial charge in [0, 0.05) is 0 Å². The molecule has 0 aliphatic heterocycles. The first kappa shape index (κ1) is 8.87. The summed E-state index contributed by atoms with van der Waals surface area (Å²) in [6.07, 6.45) is 0.305. The van der Waals surface area contributed by atoms with E-state index in [1.165, 1.54) is 6.92 Å². The molecule has 0 aromatic carbocycles. The maximum atomic E-state index is 10.3. The van der Waals surface area contributed by atoms with Crippen molar-refractivity contribution in [3.05, 3.63) is 0 Å². The van der Waals surface area contributed by atoms with Crippen LogP contribution >= 0.6 is 0 Å². The summed E-state index contributed by atoms with van der Waals surface area (Å²) >= 11 is 0. The van der Waals surface area contributed by atoms with E-state index in [1.54, 1.807) is 0 Å². The predicted molar refractivity (Wildman–Crippen MR) is 32.5 cm³/mol. The van der Waals surface area contributed by atoms with Gasteiger partial charge in [0.05, 0.1) is 19.0 Å². The van der Waals surface area contributed by atoms with Crippen molar-refractivity contribution >= 4 is 10.1 Å². The van der Waals surface area contributed by atoms with Gasteiger partial charge in [-0.2, -0.15) is 8.42 Å². The van der Waals surface area contributed by atoms with Crippen molar-refractivity contribution in [3.8, 4) is 0 Å². The topological polar surface area (TPSA) is 63.6 Å². The summed E-state index contributed by atoms with van der Waals surface area (Å²) in [6.45, 7) is 1.19. The van der Waals surface area contributed by atoms with Crippen LogP contribution in [-0.4, -0.2) is 32.5 Å². The maximum Gasteiger partial charge on any atom is 0.264 e. The van der Waals surface area contributed by atoms with Crippen molar-refractivity contribution in [1.29, 1.82) is 0 Å². The van der Waals surface area contributed by atoms with E-state index in [9.17, 15) is 8.42 Å². The Bertz CT molecular complexity index is 159. The monoisotopic (exact) mass is 154 g/mol. The molecule has 0 spiro atoms. The minimum Gasteiger partial charge on any atom is -0.394 e. The number of hydrogen-bond donors (Lipinski definition) is 1. The lowest BCUT2D eigenvalue weighted by atomic mass is 10.5. The SMILES string of the molecule is C[C@H](CO)OS(C)(=O)=O. The van der Waals surface area contributed by atoms with Gasteiger partial charge in [-0.05, 0) is 6.92 Å². The van der Waals surface area contributed by atoms with Gasteiger partial charge in [0.2, 0.25) is 0 Å². The average molecular weight is 154 g/mol. The van der Waals surface area contributed by atoms with E-state index >= 15 is 0 Å². The van der Waals surface area contributed by atoms with E-state index in [2.05, 4.69) is 4.18 Å². The van der Waals surface area contributed by atoms with Gasteiger partial charge in [-0.25, -0.2) is 0 Å². The zero-order chi connectivity index (χ0) is 7.49. The third-order valence-corrected chi connectivity index (χ3v) is 1.27. The van der Waals surface area contributed by atoms with Gasteiger partial charge in [-0.3, -0.25) is 4.18 Å². The van der Waals surface area contributed by atoms with E-state index in [0.717, 1.165) is 6.26 Å². The molecule has 1 N–H and O–H groups in total. The molecule has 56 valence electrons. The number of rotatable bonds is 3. The van der Waals surface area contributed by atoms with Gasteiger partial charge in [0.25, 0.3) is 10.1 Å². The van der Waals surface area contributed by atoms with Crippen LogP contribution in [-0.2, 0) is 14.3 Å². The fourth-order valence-corrected chi connectivity index (χ4v) is 0.986. The Kier molecular flexibility index (Phi) is 3.10. The predicted octanol–water partition coefficient (Wildman–Crippen LogP) is -0.657. The van der Waals surface area contributed by atoms with Crippen LogP contribution in [0.2, 0.25) is 0 Å². The highest BCUT2D eigenvalue weighted by Crippen LogP contribution is 1.93. The molecule has 0 aromatic heterocycles. The molecule has 0 saturated heterocycles. The molecule has 0 amide bonds. The quantitative estimate of drug-likeness (QED) is 0.548. The molecule has 0 rings (SSSR count). The Labute approximate surface area is 54.6 Å². The lowest BCUT2D eigenvalue weighted by molar-refractivity contribution is 0.136. The maximum absolute atomic E-state index is 10.3. The van der Waals surface area contributed by atoms with Crippen molar-refractivity contribution in [2.75, 3.05) is 12.9 Å². The first-order valence-corrected chi connectivity index (χ1v) is 4.26. The number of aliphatic hydroxyl groups is 1. The Morgan fingerprint density at radius 3 is 2.22 bits per heavy atom. The van der Waals surface area contributed by atoms with Crippen LogP contribution in [0.4, 0.5) is 0 Å². The van der Waals surface area contributed by atoms with Gasteiger partial charge in [0.1, 0.15) is 0 Å². The number of aliphatic hydroxyl groups excluding tert-OH is 1. The standard InChI is InChI=1S/C4H10O4S/c1-4(3-5)8-9(2,6)7/h4-5H,3H2,1-2H3/t4-/m1/s1. The molecule has 0 aromatic rings. The van der Waals surface area contributed by atoms with Crippen LogP contribution in [0.3, 0.4) is 0 Å². The van der Waals surface area contributed by atoms with Crippen molar-refractivity contribution in [2.24, 2.45) is 0 Å². The molecule has 5 heteroatoms. The summed E-state index contributed by atoms with van der Waals surface area (Å²) < 4.78 is 24.8. The third kappa shape index (κ3) is 5.75. The molecular weight excluding hydrogens is 144 g/mol. The summed E-state index contributed by atoms with van der Waals surface area (Å²) in [7, 11) is -3.40. The van der Waals surface area contributed by atoms with E-state index in [1.807, 2.05) is 0 Å². The largest absolute Gasteiger partial charge is 0.394 e. The molecule has 1 atom stereocenters. The molecule has 0 fully saturated rings. The summed E-state index contributed by atoms with van der Waals surface area (Å²) in [5.74, 6) is 0. The van der Waals surface area contributed by atoms with Gasteiger partial charge in [-0.1, -0.05) is 0 Å². The molecule has 4 nitrogen and oxygen atoms in total. The van der Waals surface area contributed by atoms with Gasteiger partial charge in [-0.15, -0.1) is 0 Å². The molecule has 9 heavy (non-hydrogen) atoms. The Morgan fingerprint density at radius 2 is 2.11 bits per heavy atom. The normalized spacial score (nSPS) is 15.4. The lowest BCUT2D eigenvalue weighted by Crippen LogP contribution is -2.17. The fourth-order valence-electron chi connectivity index (χ4n) is 0.329. The van der Waals surface area contributed by atoms with Crippen LogP contribution in [0.5, 0.6) is 0 Å². The molecule has 0 aliphatic rings. The minimum absolute atomic E-state index is 0.285. The van der Waals surface area contributed by atoms with Crippen molar-refractivity contribution in [1.82, 2.24) is 0 Å². The van der Waals surface area contributed by atoms with Crippen LogP contribution in [0.1, 0.15) is 6.92 Å². The van der Waals surface area contributed by atoms with Crippen LogP contribution in [0.25, 0.3) is 0 Å². The van der Waals surface area contributed by atoms with Crippen molar-refractivity contribution in [3.63, 3.8) is 0 Å². The third-order valence-electron chi connectivity index (χ3n) is 0.596.